The molecule has 1 N–H and O–H groups in total. The van der Waals surface area contributed by atoms with E-state index in [0.29, 0.717) is 19.0 Å². The fourth-order valence-electron chi connectivity index (χ4n) is 3.00. The Hall–Kier alpha value is -2.04. The first-order valence-corrected chi connectivity index (χ1v) is 9.03. The number of hydrogen-bond donors (Lipinski definition) is 1. The Morgan fingerprint density at radius 3 is 2.40 bits per heavy atom. The monoisotopic (exact) mass is 345 g/mol. The van der Waals surface area contributed by atoms with Crippen LogP contribution in [0.1, 0.15) is 44.0 Å². The Morgan fingerprint density at radius 2 is 1.84 bits per heavy atom. The smallest absolute Gasteiger partial charge is 0.253 e. The van der Waals surface area contributed by atoms with Crippen molar-refractivity contribution in [3.63, 3.8) is 0 Å². The molecule has 5 nitrogen and oxygen atoms in total. The molecule has 2 amide bonds. The van der Waals surface area contributed by atoms with E-state index in [1.54, 1.807) is 0 Å². The molecule has 0 unspecified atom stereocenters. The van der Waals surface area contributed by atoms with Gasteiger partial charge in [0.2, 0.25) is 5.91 Å². The third-order valence-electron chi connectivity index (χ3n) is 4.67. The van der Waals surface area contributed by atoms with Gasteiger partial charge in [0.1, 0.15) is 0 Å². The second kappa shape index (κ2) is 7.89. The molecule has 2 rings (SSSR count). The van der Waals surface area contributed by atoms with Gasteiger partial charge in [0.05, 0.1) is 0 Å². The Labute approximate surface area is 151 Å². The van der Waals surface area contributed by atoms with Gasteiger partial charge in [0.25, 0.3) is 5.91 Å². The summed E-state index contributed by atoms with van der Waals surface area (Å²) in [6.45, 7) is 7.87. The van der Waals surface area contributed by atoms with Crippen molar-refractivity contribution in [1.29, 1.82) is 0 Å². The zero-order valence-electron chi connectivity index (χ0n) is 16.1. The lowest BCUT2D eigenvalue weighted by Crippen LogP contribution is -2.45. The minimum Gasteiger partial charge on any atom is -0.378 e. The molecule has 0 spiro atoms. The Kier molecular flexibility index (Phi) is 6.09. The van der Waals surface area contributed by atoms with Gasteiger partial charge in [-0.2, -0.15) is 0 Å². The molecule has 1 atom stereocenters. The molecule has 0 aliphatic carbocycles. The van der Waals surface area contributed by atoms with Crippen LogP contribution in [0.25, 0.3) is 0 Å². The Balaban J connectivity index is 1.93. The fourth-order valence-corrected chi connectivity index (χ4v) is 3.00. The number of carbonyl (C=O) groups is 2. The quantitative estimate of drug-likeness (QED) is 0.913. The van der Waals surface area contributed by atoms with Crippen molar-refractivity contribution in [2.24, 2.45) is 11.3 Å². The second-order valence-corrected chi connectivity index (χ2v) is 8.16. The van der Waals surface area contributed by atoms with E-state index in [2.05, 4.69) is 5.32 Å². The van der Waals surface area contributed by atoms with Gasteiger partial charge in [-0.1, -0.05) is 20.8 Å². The summed E-state index contributed by atoms with van der Waals surface area (Å²) in [6.07, 6.45) is 2.03. The van der Waals surface area contributed by atoms with Gasteiger partial charge in [-0.25, -0.2) is 0 Å². The van der Waals surface area contributed by atoms with Gasteiger partial charge >= 0.3 is 0 Å². The lowest BCUT2D eigenvalue weighted by atomic mass is 9.94. The van der Waals surface area contributed by atoms with Crippen LogP contribution in [0.3, 0.4) is 0 Å². The first-order chi connectivity index (χ1) is 11.7. The average Bonchev–Trinajstić information content (AvgIpc) is 2.58. The largest absolute Gasteiger partial charge is 0.378 e. The van der Waals surface area contributed by atoms with Crippen LogP contribution in [0.15, 0.2) is 24.3 Å². The van der Waals surface area contributed by atoms with Crippen molar-refractivity contribution in [3.05, 3.63) is 29.8 Å². The number of hydrogen-bond acceptors (Lipinski definition) is 3. The number of rotatable bonds is 4. The van der Waals surface area contributed by atoms with Crippen LogP contribution >= 0.6 is 0 Å². The molecule has 1 heterocycles. The molecule has 1 aliphatic rings. The molecule has 138 valence electrons. The number of benzene rings is 1. The zero-order chi connectivity index (χ0) is 18.6. The van der Waals surface area contributed by atoms with Crippen molar-refractivity contribution in [1.82, 2.24) is 10.2 Å². The third-order valence-corrected chi connectivity index (χ3v) is 4.67. The van der Waals surface area contributed by atoms with E-state index < -0.39 is 0 Å². The summed E-state index contributed by atoms with van der Waals surface area (Å²) in [5.41, 5.74) is 1.43. The van der Waals surface area contributed by atoms with E-state index in [-0.39, 0.29) is 17.2 Å². The van der Waals surface area contributed by atoms with Gasteiger partial charge < -0.3 is 15.1 Å². The van der Waals surface area contributed by atoms with Gasteiger partial charge in [-0.15, -0.1) is 0 Å². The first-order valence-electron chi connectivity index (χ1n) is 9.03. The number of likely N-dealkylation sites (tertiary alicyclic amines) is 1. The topological polar surface area (TPSA) is 52.7 Å². The van der Waals surface area contributed by atoms with Crippen molar-refractivity contribution in [2.45, 2.75) is 33.6 Å². The normalized spacial score (nSPS) is 18.0. The van der Waals surface area contributed by atoms with Crippen LogP contribution in [0.5, 0.6) is 0 Å². The van der Waals surface area contributed by atoms with E-state index in [0.717, 1.165) is 30.6 Å². The van der Waals surface area contributed by atoms with E-state index in [4.69, 9.17) is 0 Å². The van der Waals surface area contributed by atoms with Gasteiger partial charge in [-0.05, 0) is 43.0 Å². The van der Waals surface area contributed by atoms with Crippen molar-refractivity contribution >= 4 is 17.5 Å². The summed E-state index contributed by atoms with van der Waals surface area (Å²) in [4.78, 5) is 28.7. The molecule has 1 aromatic rings. The molecule has 0 bridgehead atoms. The number of nitrogens with one attached hydrogen (secondary N) is 1. The van der Waals surface area contributed by atoms with E-state index in [1.807, 2.05) is 68.9 Å². The molecule has 1 saturated heterocycles. The maximum absolute atomic E-state index is 12.7. The standard InChI is InChI=1S/C20H31N3O2/c1-20(2,3)19(25)21-13-15-7-6-12-23(14-15)18(24)16-8-10-17(11-9-16)22(4)5/h8-11,15H,6-7,12-14H2,1-5H3,(H,21,25)/t15-/m1/s1. The van der Waals surface area contributed by atoms with Crippen LogP contribution in [0, 0.1) is 11.3 Å². The van der Waals surface area contributed by atoms with Crippen LogP contribution < -0.4 is 10.2 Å². The summed E-state index contributed by atoms with van der Waals surface area (Å²) in [5.74, 6) is 0.470. The Morgan fingerprint density at radius 1 is 1.20 bits per heavy atom. The molecule has 0 radical (unpaired) electrons. The molecule has 1 aliphatic heterocycles. The highest BCUT2D eigenvalue weighted by Crippen LogP contribution is 2.20. The molecule has 0 saturated carbocycles. The zero-order valence-corrected chi connectivity index (χ0v) is 16.1. The van der Waals surface area contributed by atoms with Crippen LogP contribution in [0.2, 0.25) is 0 Å². The molecular weight excluding hydrogens is 314 g/mol. The molecule has 5 heteroatoms. The first kappa shape index (κ1) is 19.3. The lowest BCUT2D eigenvalue weighted by Gasteiger charge is -2.33. The lowest BCUT2D eigenvalue weighted by molar-refractivity contribution is -0.128. The summed E-state index contributed by atoms with van der Waals surface area (Å²) in [7, 11) is 3.97. The summed E-state index contributed by atoms with van der Waals surface area (Å²) in [6, 6.07) is 7.72. The predicted molar refractivity (Wildman–Crippen MR) is 102 cm³/mol. The number of nitrogens with zero attached hydrogens (tertiary/aromatic N) is 2. The maximum atomic E-state index is 12.7. The number of carbonyl (C=O) groups excluding carboxylic acids is 2. The minimum atomic E-state index is -0.377. The van der Waals surface area contributed by atoms with Crippen molar-refractivity contribution < 1.29 is 9.59 Å². The van der Waals surface area contributed by atoms with Crippen LogP contribution in [0.4, 0.5) is 5.69 Å². The minimum absolute atomic E-state index is 0.0650. The van der Waals surface area contributed by atoms with Gasteiger partial charge in [0, 0.05) is 50.4 Å². The van der Waals surface area contributed by atoms with Crippen molar-refractivity contribution in [2.75, 3.05) is 38.6 Å². The molecule has 1 aromatic carbocycles. The van der Waals surface area contributed by atoms with Crippen molar-refractivity contribution in [3.8, 4) is 0 Å². The highest BCUT2D eigenvalue weighted by atomic mass is 16.2. The average molecular weight is 345 g/mol. The number of amides is 2. The van der Waals surface area contributed by atoms with E-state index in [1.165, 1.54) is 0 Å². The molecule has 25 heavy (non-hydrogen) atoms. The molecule has 1 fully saturated rings. The predicted octanol–water partition coefficient (Wildman–Crippen LogP) is 2.77. The Bertz CT molecular complexity index is 602. The van der Waals surface area contributed by atoms with E-state index >= 15 is 0 Å². The SMILES string of the molecule is CN(C)c1ccc(C(=O)N2CCC[C@H](CNC(=O)C(C)(C)C)C2)cc1. The van der Waals surface area contributed by atoms with E-state index in [9.17, 15) is 9.59 Å². The molecular formula is C20H31N3O2. The van der Waals surface area contributed by atoms with Gasteiger partial charge in [0.15, 0.2) is 0 Å². The number of piperidine rings is 1. The number of anilines is 1. The van der Waals surface area contributed by atoms with Crippen LogP contribution in [-0.2, 0) is 4.79 Å². The summed E-state index contributed by atoms with van der Waals surface area (Å²) < 4.78 is 0. The summed E-state index contributed by atoms with van der Waals surface area (Å²) in [5, 5.41) is 3.03. The third kappa shape index (κ3) is 5.21. The highest BCUT2D eigenvalue weighted by Gasteiger charge is 2.26. The van der Waals surface area contributed by atoms with Crippen LogP contribution in [-0.4, -0.2) is 50.4 Å². The second-order valence-electron chi connectivity index (χ2n) is 8.16. The molecule has 0 aromatic heterocycles. The fraction of sp³-hybridized carbons (Fsp3) is 0.600. The summed E-state index contributed by atoms with van der Waals surface area (Å²) >= 11 is 0. The maximum Gasteiger partial charge on any atom is 0.253 e. The van der Waals surface area contributed by atoms with Gasteiger partial charge in [-0.3, -0.25) is 9.59 Å². The highest BCUT2D eigenvalue weighted by molar-refractivity contribution is 5.94.